The molecule has 1 fully saturated rings. The molecule has 1 heterocycles. The number of benzene rings is 1. The van der Waals surface area contributed by atoms with Gasteiger partial charge in [0.1, 0.15) is 0 Å². The Morgan fingerprint density at radius 3 is 2.61 bits per heavy atom. The molecule has 0 spiro atoms. The molecular weight excluding hydrogens is 224 g/mol. The van der Waals surface area contributed by atoms with E-state index in [9.17, 15) is 4.79 Å². The van der Waals surface area contributed by atoms with Crippen LogP contribution in [0.5, 0.6) is 0 Å². The van der Waals surface area contributed by atoms with Gasteiger partial charge in [-0.2, -0.15) is 0 Å². The van der Waals surface area contributed by atoms with Gasteiger partial charge in [0.2, 0.25) is 5.91 Å². The van der Waals surface area contributed by atoms with Gasteiger partial charge in [0.15, 0.2) is 0 Å². The lowest BCUT2D eigenvalue weighted by Gasteiger charge is -2.29. The average Bonchev–Trinajstić information content (AvgIpc) is 2.87. The van der Waals surface area contributed by atoms with Crippen LogP contribution in [0, 0.1) is 5.92 Å². The molecule has 18 heavy (non-hydrogen) atoms. The first kappa shape index (κ1) is 13.1. The van der Waals surface area contributed by atoms with Crippen LogP contribution >= 0.6 is 0 Å². The van der Waals surface area contributed by atoms with Gasteiger partial charge in [0.25, 0.3) is 0 Å². The van der Waals surface area contributed by atoms with E-state index < -0.39 is 0 Å². The van der Waals surface area contributed by atoms with E-state index in [2.05, 4.69) is 12.1 Å². The summed E-state index contributed by atoms with van der Waals surface area (Å²) in [6, 6.07) is 10.1. The van der Waals surface area contributed by atoms with Gasteiger partial charge < -0.3 is 10.6 Å². The molecule has 98 valence electrons. The Labute approximate surface area is 109 Å². The maximum atomic E-state index is 12.4. The molecule has 0 aromatic heterocycles. The standard InChI is InChI=1S/C15H22N2O/c1-11(2)14(16)15(18)17-10-6-9-13(17)12-7-4-3-5-8-12/h3-5,7-8,11,13-14H,6,9-10,16H2,1-2H3. The van der Waals surface area contributed by atoms with Crippen molar-refractivity contribution in [1.29, 1.82) is 0 Å². The minimum absolute atomic E-state index is 0.0938. The fourth-order valence-electron chi connectivity index (χ4n) is 2.53. The van der Waals surface area contributed by atoms with Crippen LogP contribution < -0.4 is 5.73 Å². The van der Waals surface area contributed by atoms with E-state index in [0.29, 0.717) is 0 Å². The van der Waals surface area contributed by atoms with E-state index in [0.717, 1.165) is 19.4 Å². The molecule has 0 saturated carbocycles. The number of nitrogens with two attached hydrogens (primary N) is 1. The first-order chi connectivity index (χ1) is 8.61. The zero-order valence-corrected chi connectivity index (χ0v) is 11.2. The molecule has 3 heteroatoms. The summed E-state index contributed by atoms with van der Waals surface area (Å²) in [4.78, 5) is 14.3. The van der Waals surface area contributed by atoms with E-state index in [-0.39, 0.29) is 23.9 Å². The summed E-state index contributed by atoms with van der Waals surface area (Å²) in [5.41, 5.74) is 7.21. The molecule has 0 bridgehead atoms. The van der Waals surface area contributed by atoms with Crippen LogP contribution in [0.3, 0.4) is 0 Å². The average molecular weight is 246 g/mol. The second-order valence-electron chi connectivity index (χ2n) is 5.37. The molecule has 1 saturated heterocycles. The molecule has 1 amide bonds. The minimum atomic E-state index is -0.380. The fraction of sp³-hybridized carbons (Fsp3) is 0.533. The molecule has 2 atom stereocenters. The Morgan fingerprint density at radius 2 is 2.00 bits per heavy atom. The van der Waals surface area contributed by atoms with Crippen LogP contribution in [0.4, 0.5) is 0 Å². The maximum Gasteiger partial charge on any atom is 0.240 e. The van der Waals surface area contributed by atoms with Gasteiger partial charge in [-0.15, -0.1) is 0 Å². The van der Waals surface area contributed by atoms with Gasteiger partial charge in [-0.05, 0) is 24.3 Å². The lowest BCUT2D eigenvalue weighted by atomic mass is 10.0. The highest BCUT2D eigenvalue weighted by atomic mass is 16.2. The zero-order valence-electron chi connectivity index (χ0n) is 11.2. The summed E-state index contributed by atoms with van der Waals surface area (Å²) in [6.45, 7) is 4.82. The first-order valence-corrected chi connectivity index (χ1v) is 6.72. The number of rotatable bonds is 3. The zero-order chi connectivity index (χ0) is 13.1. The number of nitrogens with zero attached hydrogens (tertiary/aromatic N) is 1. The van der Waals surface area contributed by atoms with E-state index in [4.69, 9.17) is 5.73 Å². The number of likely N-dealkylation sites (tertiary alicyclic amines) is 1. The van der Waals surface area contributed by atoms with Crippen LogP contribution in [0.2, 0.25) is 0 Å². The summed E-state index contributed by atoms with van der Waals surface area (Å²) in [5.74, 6) is 0.283. The normalized spacial score (nSPS) is 21.3. The summed E-state index contributed by atoms with van der Waals surface area (Å²) < 4.78 is 0. The SMILES string of the molecule is CC(C)C(N)C(=O)N1CCCC1c1ccccc1. The van der Waals surface area contributed by atoms with Crippen molar-refractivity contribution in [1.82, 2.24) is 4.90 Å². The van der Waals surface area contributed by atoms with Crippen molar-refractivity contribution in [3.8, 4) is 0 Å². The van der Waals surface area contributed by atoms with Crippen molar-refractivity contribution in [3.63, 3.8) is 0 Å². The van der Waals surface area contributed by atoms with Crippen molar-refractivity contribution in [2.24, 2.45) is 11.7 Å². The number of hydrogen-bond donors (Lipinski definition) is 1. The number of amides is 1. The summed E-state index contributed by atoms with van der Waals surface area (Å²) in [7, 11) is 0. The van der Waals surface area contributed by atoms with Crippen LogP contribution in [0.25, 0.3) is 0 Å². The van der Waals surface area contributed by atoms with Crippen molar-refractivity contribution < 1.29 is 4.79 Å². The molecular formula is C15H22N2O. The fourth-order valence-corrected chi connectivity index (χ4v) is 2.53. The quantitative estimate of drug-likeness (QED) is 0.889. The van der Waals surface area contributed by atoms with Gasteiger partial charge in [-0.1, -0.05) is 44.2 Å². The highest BCUT2D eigenvalue weighted by Gasteiger charge is 2.33. The van der Waals surface area contributed by atoms with E-state index in [1.165, 1.54) is 5.56 Å². The molecule has 2 N–H and O–H groups in total. The smallest absolute Gasteiger partial charge is 0.240 e. The van der Waals surface area contributed by atoms with Gasteiger partial charge >= 0.3 is 0 Å². The predicted octanol–water partition coefficient (Wildman–Crippen LogP) is 2.33. The highest BCUT2D eigenvalue weighted by molar-refractivity contribution is 5.82. The lowest BCUT2D eigenvalue weighted by Crippen LogP contribution is -2.46. The lowest BCUT2D eigenvalue weighted by molar-refractivity contribution is -0.134. The van der Waals surface area contributed by atoms with Crippen LogP contribution in [-0.2, 0) is 4.79 Å². The van der Waals surface area contributed by atoms with Gasteiger partial charge in [0, 0.05) is 6.54 Å². The van der Waals surface area contributed by atoms with Crippen molar-refractivity contribution >= 4 is 5.91 Å². The largest absolute Gasteiger partial charge is 0.334 e. The molecule has 1 aliphatic heterocycles. The Hall–Kier alpha value is -1.35. The molecule has 3 nitrogen and oxygen atoms in total. The van der Waals surface area contributed by atoms with Gasteiger partial charge in [-0.25, -0.2) is 0 Å². The van der Waals surface area contributed by atoms with Crippen molar-refractivity contribution in [2.45, 2.75) is 38.8 Å². The minimum Gasteiger partial charge on any atom is -0.334 e. The topological polar surface area (TPSA) is 46.3 Å². The molecule has 1 aliphatic rings. The van der Waals surface area contributed by atoms with Crippen LogP contribution in [0.15, 0.2) is 30.3 Å². The van der Waals surface area contributed by atoms with Crippen LogP contribution in [-0.4, -0.2) is 23.4 Å². The molecule has 2 rings (SSSR count). The van der Waals surface area contributed by atoms with E-state index >= 15 is 0 Å². The highest BCUT2D eigenvalue weighted by Crippen LogP contribution is 2.32. The molecule has 1 aromatic carbocycles. The van der Waals surface area contributed by atoms with E-state index in [1.54, 1.807) is 0 Å². The third-order valence-corrected chi connectivity index (χ3v) is 3.72. The third-order valence-electron chi connectivity index (χ3n) is 3.72. The second kappa shape index (κ2) is 5.53. The Balaban J connectivity index is 2.15. The Morgan fingerprint density at radius 1 is 1.33 bits per heavy atom. The van der Waals surface area contributed by atoms with Crippen LogP contribution in [0.1, 0.15) is 38.3 Å². The van der Waals surface area contributed by atoms with Crippen molar-refractivity contribution in [3.05, 3.63) is 35.9 Å². The molecule has 1 aromatic rings. The van der Waals surface area contributed by atoms with Gasteiger partial charge in [0.05, 0.1) is 12.1 Å². The Bertz CT molecular complexity index is 402. The molecule has 2 unspecified atom stereocenters. The summed E-state index contributed by atoms with van der Waals surface area (Å²) >= 11 is 0. The van der Waals surface area contributed by atoms with Gasteiger partial charge in [-0.3, -0.25) is 4.79 Å². The number of carbonyl (C=O) groups is 1. The molecule has 0 radical (unpaired) electrons. The monoisotopic (exact) mass is 246 g/mol. The maximum absolute atomic E-state index is 12.4. The number of carbonyl (C=O) groups excluding carboxylic acids is 1. The second-order valence-corrected chi connectivity index (χ2v) is 5.37. The third kappa shape index (κ3) is 2.56. The summed E-state index contributed by atoms with van der Waals surface area (Å²) in [5, 5.41) is 0. The first-order valence-electron chi connectivity index (χ1n) is 6.72. The van der Waals surface area contributed by atoms with Crippen molar-refractivity contribution in [2.75, 3.05) is 6.54 Å². The Kier molecular flexibility index (Phi) is 4.02. The van der Waals surface area contributed by atoms with E-state index in [1.807, 2.05) is 36.9 Å². The molecule has 0 aliphatic carbocycles. The predicted molar refractivity (Wildman–Crippen MR) is 72.9 cm³/mol. The summed E-state index contributed by atoms with van der Waals surface area (Å²) in [6.07, 6.45) is 2.11. The number of hydrogen-bond acceptors (Lipinski definition) is 2.